The Morgan fingerprint density at radius 3 is 1.60 bits per heavy atom. The van der Waals surface area contributed by atoms with Crippen molar-refractivity contribution in [3.05, 3.63) is 113 Å². The first-order valence-electron chi connectivity index (χ1n) is 15.2. The Morgan fingerprint density at radius 1 is 0.660 bits per heavy atom. The van der Waals surface area contributed by atoms with Gasteiger partial charge in [0.05, 0.1) is 11.1 Å². The van der Waals surface area contributed by atoms with Crippen LogP contribution < -0.4 is 10.6 Å². The summed E-state index contributed by atoms with van der Waals surface area (Å²) in [7, 11) is 0. The molecule has 10 heteroatoms. The van der Waals surface area contributed by atoms with E-state index in [0.717, 1.165) is 41.8 Å². The molecule has 0 aliphatic heterocycles. The molecule has 4 rings (SSSR count). The molecule has 0 spiro atoms. The third-order valence-corrected chi connectivity index (χ3v) is 8.48. The first-order chi connectivity index (χ1) is 21.9. The lowest BCUT2D eigenvalue weighted by Crippen LogP contribution is -2.31. The van der Waals surface area contributed by atoms with E-state index in [2.05, 4.69) is 10.6 Å². The molecule has 0 saturated heterocycles. The standard InChI is InChI=1S/C37H36F6N2O2/c1-6-22(3)44-33(46)25-12-8-23(9-13-25)24-10-14-26(15-11-24)34(47)45-28-17-19-30(32(21-28)37(41,42)43)29-18-16-27(35(4,5)7-2)20-31(29)36(38,39)40/h8-22H,6-7H2,1-5H3,(H,44,46)(H,45,47). The van der Waals surface area contributed by atoms with Gasteiger partial charge in [-0.25, -0.2) is 0 Å². The molecule has 0 aliphatic carbocycles. The highest BCUT2D eigenvalue weighted by Gasteiger charge is 2.39. The molecule has 4 nitrogen and oxygen atoms in total. The third kappa shape index (κ3) is 8.22. The fraction of sp³-hybridized carbons (Fsp3) is 0.297. The van der Waals surface area contributed by atoms with Crippen molar-refractivity contribution in [1.29, 1.82) is 0 Å². The third-order valence-electron chi connectivity index (χ3n) is 8.48. The minimum absolute atomic E-state index is 0.0386. The lowest BCUT2D eigenvalue weighted by atomic mass is 9.80. The highest BCUT2D eigenvalue weighted by Crippen LogP contribution is 2.45. The van der Waals surface area contributed by atoms with Crippen LogP contribution in [0.2, 0.25) is 0 Å². The van der Waals surface area contributed by atoms with Crippen LogP contribution in [0.1, 0.15) is 84.9 Å². The van der Waals surface area contributed by atoms with Crippen molar-refractivity contribution in [2.75, 3.05) is 5.32 Å². The fourth-order valence-corrected chi connectivity index (χ4v) is 4.97. The summed E-state index contributed by atoms with van der Waals surface area (Å²) in [6, 6.07) is 19.4. The lowest BCUT2D eigenvalue weighted by molar-refractivity contribution is -0.139. The van der Waals surface area contributed by atoms with Gasteiger partial charge in [0.2, 0.25) is 0 Å². The van der Waals surface area contributed by atoms with Crippen LogP contribution >= 0.6 is 0 Å². The van der Waals surface area contributed by atoms with Gasteiger partial charge in [0.1, 0.15) is 0 Å². The van der Waals surface area contributed by atoms with Crippen LogP contribution in [0.3, 0.4) is 0 Å². The summed E-state index contributed by atoms with van der Waals surface area (Å²) in [5.41, 5.74) is -2.00. The maximum Gasteiger partial charge on any atom is 0.417 e. The van der Waals surface area contributed by atoms with Crippen molar-refractivity contribution in [2.45, 2.75) is 71.3 Å². The maximum atomic E-state index is 14.3. The topological polar surface area (TPSA) is 58.2 Å². The summed E-state index contributed by atoms with van der Waals surface area (Å²) in [5.74, 6) is -0.883. The normalized spacial score (nSPS) is 12.8. The SMILES string of the molecule is CCC(C)NC(=O)c1ccc(-c2ccc(C(=O)Nc3ccc(-c4ccc(C(C)(C)CC)cc4C(F)(F)F)c(C(F)(F)F)c3)cc2)cc1. The number of halogens is 6. The van der Waals surface area contributed by atoms with Crippen LogP contribution in [-0.2, 0) is 17.8 Å². The Kier molecular flexibility index (Phi) is 10.2. The number of alkyl halides is 6. The second-order valence-corrected chi connectivity index (χ2v) is 12.1. The van der Waals surface area contributed by atoms with Crippen molar-refractivity contribution in [3.8, 4) is 22.3 Å². The molecular weight excluding hydrogens is 618 g/mol. The molecular formula is C37H36F6N2O2. The summed E-state index contributed by atoms with van der Waals surface area (Å²) in [6.45, 7) is 9.23. The van der Waals surface area contributed by atoms with Gasteiger partial charge in [-0.15, -0.1) is 0 Å². The number of rotatable bonds is 9. The number of nitrogens with one attached hydrogen (secondary N) is 2. The van der Waals surface area contributed by atoms with Gasteiger partial charge < -0.3 is 10.6 Å². The Labute approximate surface area is 270 Å². The Bertz CT molecular complexity index is 1740. The number of amides is 2. The zero-order chi connectivity index (χ0) is 34.7. The van der Waals surface area contributed by atoms with Crippen molar-refractivity contribution < 1.29 is 35.9 Å². The number of hydrogen-bond donors (Lipinski definition) is 2. The van der Waals surface area contributed by atoms with E-state index in [1.807, 2.05) is 20.8 Å². The highest BCUT2D eigenvalue weighted by molar-refractivity contribution is 6.04. The minimum atomic E-state index is -5.01. The summed E-state index contributed by atoms with van der Waals surface area (Å²) in [6.07, 6.45) is -8.58. The molecule has 0 bridgehead atoms. The zero-order valence-corrected chi connectivity index (χ0v) is 26.7. The van der Waals surface area contributed by atoms with E-state index in [4.69, 9.17) is 0 Å². The molecule has 0 fully saturated rings. The monoisotopic (exact) mass is 654 g/mol. The highest BCUT2D eigenvalue weighted by atomic mass is 19.4. The zero-order valence-electron chi connectivity index (χ0n) is 26.7. The van der Waals surface area contributed by atoms with E-state index in [-0.39, 0.29) is 23.2 Å². The molecule has 0 radical (unpaired) electrons. The van der Waals surface area contributed by atoms with Gasteiger partial charge >= 0.3 is 12.4 Å². The van der Waals surface area contributed by atoms with Gasteiger partial charge in [0.25, 0.3) is 11.8 Å². The van der Waals surface area contributed by atoms with Crippen LogP contribution in [0.25, 0.3) is 22.3 Å². The smallest absolute Gasteiger partial charge is 0.350 e. The van der Waals surface area contributed by atoms with Crippen LogP contribution in [0.4, 0.5) is 32.0 Å². The van der Waals surface area contributed by atoms with Crippen LogP contribution in [0.5, 0.6) is 0 Å². The van der Waals surface area contributed by atoms with Gasteiger partial charge in [-0.1, -0.05) is 70.2 Å². The maximum absolute atomic E-state index is 14.3. The quantitative estimate of drug-likeness (QED) is 0.177. The lowest BCUT2D eigenvalue weighted by Gasteiger charge is -2.26. The van der Waals surface area contributed by atoms with Crippen LogP contribution in [0.15, 0.2) is 84.9 Å². The van der Waals surface area contributed by atoms with Crippen LogP contribution in [0, 0.1) is 0 Å². The number of anilines is 1. The predicted octanol–water partition coefficient (Wildman–Crippen LogP) is 10.5. The molecule has 0 heterocycles. The Morgan fingerprint density at radius 2 is 1.13 bits per heavy atom. The first-order valence-corrected chi connectivity index (χ1v) is 15.2. The molecule has 2 N–H and O–H groups in total. The van der Waals surface area contributed by atoms with Crippen LogP contribution in [-0.4, -0.2) is 17.9 Å². The molecule has 47 heavy (non-hydrogen) atoms. The van der Waals surface area contributed by atoms with E-state index in [9.17, 15) is 35.9 Å². The molecule has 0 aliphatic rings. The number of benzene rings is 4. The van der Waals surface area contributed by atoms with Gasteiger partial charge in [-0.3, -0.25) is 9.59 Å². The van der Waals surface area contributed by atoms with Crippen molar-refractivity contribution >= 4 is 17.5 Å². The number of hydrogen-bond acceptors (Lipinski definition) is 2. The van der Waals surface area contributed by atoms with Gasteiger partial charge in [-0.05, 0) is 95.5 Å². The van der Waals surface area contributed by atoms with Gasteiger partial charge in [-0.2, -0.15) is 26.3 Å². The van der Waals surface area contributed by atoms with Crippen molar-refractivity contribution in [2.24, 2.45) is 0 Å². The average molecular weight is 655 g/mol. The van der Waals surface area contributed by atoms with E-state index in [1.165, 1.54) is 18.2 Å². The number of carbonyl (C=O) groups is 2. The van der Waals surface area contributed by atoms with Crippen molar-refractivity contribution in [3.63, 3.8) is 0 Å². The second kappa shape index (κ2) is 13.6. The predicted molar refractivity (Wildman–Crippen MR) is 172 cm³/mol. The molecule has 0 aromatic heterocycles. The summed E-state index contributed by atoms with van der Waals surface area (Å²) >= 11 is 0. The van der Waals surface area contributed by atoms with E-state index >= 15 is 0 Å². The second-order valence-electron chi connectivity index (χ2n) is 12.1. The average Bonchev–Trinajstić information content (AvgIpc) is 3.03. The molecule has 2 amide bonds. The molecule has 248 valence electrons. The minimum Gasteiger partial charge on any atom is -0.350 e. The fourth-order valence-electron chi connectivity index (χ4n) is 4.97. The largest absolute Gasteiger partial charge is 0.417 e. The Balaban J connectivity index is 1.59. The summed E-state index contributed by atoms with van der Waals surface area (Å²) in [5, 5.41) is 5.32. The van der Waals surface area contributed by atoms with Gasteiger partial charge in [0.15, 0.2) is 0 Å². The molecule has 1 unspecified atom stereocenters. The molecule has 0 saturated carbocycles. The molecule has 1 atom stereocenters. The van der Waals surface area contributed by atoms with E-state index in [1.54, 1.807) is 50.2 Å². The summed E-state index contributed by atoms with van der Waals surface area (Å²) < 4.78 is 85.2. The Hall–Kier alpha value is -4.60. The summed E-state index contributed by atoms with van der Waals surface area (Å²) in [4.78, 5) is 25.3. The van der Waals surface area contributed by atoms with Gasteiger partial charge in [0, 0.05) is 22.9 Å². The van der Waals surface area contributed by atoms with E-state index in [0.29, 0.717) is 23.6 Å². The molecule has 4 aromatic rings. The number of carbonyl (C=O) groups excluding carboxylic acids is 2. The first kappa shape index (κ1) is 35.3. The molecule has 4 aromatic carbocycles. The van der Waals surface area contributed by atoms with Crippen molar-refractivity contribution in [1.82, 2.24) is 5.32 Å². The van der Waals surface area contributed by atoms with E-state index < -0.39 is 45.9 Å².